The minimum atomic E-state index is -0.774. The quantitative estimate of drug-likeness (QED) is 0.109. The zero-order valence-corrected chi connectivity index (χ0v) is 25.9. The first-order valence-electron chi connectivity index (χ1n) is 15.3. The van der Waals surface area contributed by atoms with E-state index in [1.807, 2.05) is 6.92 Å². The maximum absolute atomic E-state index is 15.2. The predicted molar refractivity (Wildman–Crippen MR) is 172 cm³/mol. The van der Waals surface area contributed by atoms with Crippen LogP contribution in [0, 0.1) is 11.6 Å². The molecule has 3 N–H and O–H groups in total. The summed E-state index contributed by atoms with van der Waals surface area (Å²) in [4.78, 5) is 37.8. The first-order valence-corrected chi connectivity index (χ1v) is 15.3. The number of hydrogen-bond donors (Lipinski definition) is 3. The molecular weight excluding hydrogens is 610 g/mol. The molecule has 0 radical (unpaired) electrons. The summed E-state index contributed by atoms with van der Waals surface area (Å²) < 4.78 is 41.6. The van der Waals surface area contributed by atoms with E-state index in [0.717, 1.165) is 38.2 Å². The van der Waals surface area contributed by atoms with E-state index in [9.17, 15) is 14.0 Å². The van der Waals surface area contributed by atoms with Gasteiger partial charge in [-0.1, -0.05) is 33.1 Å². The molecule has 0 unspecified atom stereocenters. The number of hydrogen-bond acceptors (Lipinski definition) is 8. The molecule has 2 heterocycles. The van der Waals surface area contributed by atoms with E-state index in [0.29, 0.717) is 41.2 Å². The third-order valence-electron chi connectivity index (χ3n) is 6.95. The molecule has 0 aliphatic heterocycles. The Morgan fingerprint density at radius 3 is 2.45 bits per heavy atom. The SMILES string of the molecule is CCCCCOc1cc2ncnc(Oc3ccc(NC(=O)c4ncn(-c5ccc(F)cc5)n4)cc3F)c2cc1NC(=O)NCCCC. The van der Waals surface area contributed by atoms with Crippen molar-refractivity contribution in [3.63, 3.8) is 0 Å². The van der Waals surface area contributed by atoms with Gasteiger partial charge in [0.1, 0.15) is 24.2 Å². The van der Waals surface area contributed by atoms with Crippen LogP contribution in [0.2, 0.25) is 0 Å². The molecule has 5 rings (SSSR count). The molecule has 12 nitrogen and oxygen atoms in total. The van der Waals surface area contributed by atoms with Crippen LogP contribution in [0.5, 0.6) is 17.4 Å². The molecule has 47 heavy (non-hydrogen) atoms. The van der Waals surface area contributed by atoms with Gasteiger partial charge in [0.2, 0.25) is 11.7 Å². The summed E-state index contributed by atoms with van der Waals surface area (Å²) in [6.45, 7) is 5.11. The number of unbranched alkanes of at least 4 members (excludes halogenated alkanes) is 3. The van der Waals surface area contributed by atoms with Gasteiger partial charge in [0.15, 0.2) is 11.6 Å². The molecule has 244 valence electrons. The standard InChI is InChI=1S/C33H34F2N8O4/c1-3-5-7-15-46-29-18-26-24(17-27(29)41-33(45)36-14-6-4-2)32(38-19-37-26)47-28-13-10-22(16-25(28)35)40-31(44)30-39-20-43(42-30)23-11-8-21(34)9-12-23/h8-13,16-20H,3-7,14-15H2,1-2H3,(H,40,44)(H2,36,41,45). The van der Waals surface area contributed by atoms with Crippen LogP contribution in [0.4, 0.5) is 25.0 Å². The highest BCUT2D eigenvalue weighted by molar-refractivity contribution is 6.01. The molecule has 0 bridgehead atoms. The number of rotatable bonds is 14. The maximum atomic E-state index is 15.2. The zero-order valence-electron chi connectivity index (χ0n) is 25.9. The van der Waals surface area contributed by atoms with Gasteiger partial charge in [-0.3, -0.25) is 4.79 Å². The van der Waals surface area contributed by atoms with Crippen molar-refractivity contribution in [1.82, 2.24) is 30.0 Å². The summed E-state index contributed by atoms with van der Waals surface area (Å²) in [5.74, 6) is -1.69. The van der Waals surface area contributed by atoms with Gasteiger partial charge >= 0.3 is 6.03 Å². The molecule has 0 atom stereocenters. The molecule has 2 aromatic heterocycles. The van der Waals surface area contributed by atoms with Crippen molar-refractivity contribution < 1.29 is 27.8 Å². The Labute approximate surface area is 269 Å². The molecule has 0 saturated heterocycles. The molecule has 14 heteroatoms. The van der Waals surface area contributed by atoms with Crippen molar-refractivity contribution in [2.24, 2.45) is 0 Å². The molecule has 0 aliphatic carbocycles. The number of amides is 3. The van der Waals surface area contributed by atoms with E-state index in [2.05, 4.69) is 42.9 Å². The minimum absolute atomic E-state index is 0.0493. The number of carbonyl (C=O) groups excluding carboxylic acids is 2. The van der Waals surface area contributed by atoms with Crippen LogP contribution in [0.25, 0.3) is 16.6 Å². The summed E-state index contributed by atoms with van der Waals surface area (Å²) in [5, 5.41) is 12.7. The number of halogens is 2. The van der Waals surface area contributed by atoms with Crippen molar-refractivity contribution in [3.8, 4) is 23.1 Å². The molecule has 0 aliphatic rings. The average molecular weight is 645 g/mol. The first-order chi connectivity index (χ1) is 22.8. The van der Waals surface area contributed by atoms with E-state index >= 15 is 4.39 Å². The molecular formula is C33H34F2N8O4. The monoisotopic (exact) mass is 644 g/mol. The lowest BCUT2D eigenvalue weighted by molar-refractivity contribution is 0.101. The van der Waals surface area contributed by atoms with Crippen molar-refractivity contribution in [2.45, 2.75) is 46.0 Å². The number of benzene rings is 3. The van der Waals surface area contributed by atoms with Gasteiger partial charge in [0.05, 0.1) is 28.9 Å². The van der Waals surface area contributed by atoms with Crippen LogP contribution in [0.15, 0.2) is 67.3 Å². The van der Waals surface area contributed by atoms with Gasteiger partial charge < -0.3 is 25.4 Å². The fourth-order valence-electron chi connectivity index (χ4n) is 4.48. The fourth-order valence-corrected chi connectivity index (χ4v) is 4.48. The Kier molecular flexibility index (Phi) is 10.8. The number of aromatic nitrogens is 5. The van der Waals surface area contributed by atoms with E-state index in [-0.39, 0.29) is 23.1 Å². The second-order valence-electron chi connectivity index (χ2n) is 10.5. The number of nitrogens with one attached hydrogen (secondary N) is 3. The van der Waals surface area contributed by atoms with Crippen molar-refractivity contribution >= 4 is 34.2 Å². The second kappa shape index (κ2) is 15.6. The average Bonchev–Trinajstić information content (AvgIpc) is 3.56. The Balaban J connectivity index is 1.33. The molecule has 5 aromatic rings. The summed E-state index contributed by atoms with van der Waals surface area (Å²) in [6.07, 6.45) is 7.25. The molecule has 0 fully saturated rings. The topological polar surface area (TPSA) is 145 Å². The van der Waals surface area contributed by atoms with Crippen molar-refractivity contribution in [2.75, 3.05) is 23.8 Å². The van der Waals surface area contributed by atoms with Crippen LogP contribution in [0.1, 0.15) is 56.6 Å². The van der Waals surface area contributed by atoms with Crippen LogP contribution < -0.4 is 25.4 Å². The van der Waals surface area contributed by atoms with E-state index in [1.165, 1.54) is 53.7 Å². The largest absolute Gasteiger partial charge is 0.491 e. The van der Waals surface area contributed by atoms with E-state index in [1.54, 1.807) is 12.1 Å². The minimum Gasteiger partial charge on any atom is -0.491 e. The van der Waals surface area contributed by atoms with Gasteiger partial charge in [-0.25, -0.2) is 33.2 Å². The summed E-state index contributed by atoms with van der Waals surface area (Å²) >= 11 is 0. The highest BCUT2D eigenvalue weighted by atomic mass is 19.1. The van der Waals surface area contributed by atoms with Gasteiger partial charge in [-0.15, -0.1) is 5.10 Å². The van der Waals surface area contributed by atoms with E-state index in [4.69, 9.17) is 9.47 Å². The normalized spacial score (nSPS) is 10.9. The maximum Gasteiger partial charge on any atom is 0.319 e. The lowest BCUT2D eigenvalue weighted by Gasteiger charge is -2.15. The Hall–Kier alpha value is -5.66. The van der Waals surface area contributed by atoms with Gasteiger partial charge in [-0.2, -0.15) is 0 Å². The number of urea groups is 1. The van der Waals surface area contributed by atoms with Gasteiger partial charge in [0, 0.05) is 24.4 Å². The van der Waals surface area contributed by atoms with Crippen molar-refractivity contribution in [1.29, 1.82) is 0 Å². The number of anilines is 2. The van der Waals surface area contributed by atoms with Gasteiger partial charge in [-0.05, 0) is 55.3 Å². The number of fused-ring (bicyclic) bond motifs is 1. The van der Waals surface area contributed by atoms with Gasteiger partial charge in [0.25, 0.3) is 5.91 Å². The van der Waals surface area contributed by atoms with Crippen LogP contribution in [-0.2, 0) is 0 Å². The third-order valence-corrected chi connectivity index (χ3v) is 6.95. The predicted octanol–water partition coefficient (Wildman–Crippen LogP) is 7.02. The number of ether oxygens (including phenoxy) is 2. The molecule has 0 spiro atoms. The Morgan fingerprint density at radius 2 is 1.68 bits per heavy atom. The second-order valence-corrected chi connectivity index (χ2v) is 10.5. The Bertz CT molecular complexity index is 1850. The zero-order chi connectivity index (χ0) is 33.2. The number of nitrogens with zero attached hydrogens (tertiary/aromatic N) is 5. The molecule has 0 saturated carbocycles. The van der Waals surface area contributed by atoms with Crippen LogP contribution in [0.3, 0.4) is 0 Å². The van der Waals surface area contributed by atoms with E-state index < -0.39 is 23.6 Å². The summed E-state index contributed by atoms with van der Waals surface area (Å²) in [6, 6.07) is 12.3. The lowest BCUT2D eigenvalue weighted by Crippen LogP contribution is -2.29. The summed E-state index contributed by atoms with van der Waals surface area (Å²) in [5.41, 5.74) is 1.50. The summed E-state index contributed by atoms with van der Waals surface area (Å²) in [7, 11) is 0. The third kappa shape index (κ3) is 8.54. The van der Waals surface area contributed by atoms with Crippen LogP contribution in [-0.4, -0.2) is 49.8 Å². The fraction of sp³-hybridized carbons (Fsp3) is 0.273. The van der Waals surface area contributed by atoms with Crippen LogP contribution >= 0.6 is 0 Å². The smallest absolute Gasteiger partial charge is 0.319 e. The highest BCUT2D eigenvalue weighted by Gasteiger charge is 2.18. The highest BCUT2D eigenvalue weighted by Crippen LogP contribution is 2.36. The molecule has 3 aromatic carbocycles. The first kappa shape index (κ1) is 32.7. The lowest BCUT2D eigenvalue weighted by atomic mass is 10.2. The number of carbonyl (C=O) groups is 2. The Morgan fingerprint density at radius 1 is 0.872 bits per heavy atom. The van der Waals surface area contributed by atoms with Crippen molar-refractivity contribution in [3.05, 3.63) is 84.7 Å². The molecule has 3 amide bonds.